The van der Waals surface area contributed by atoms with Gasteiger partial charge in [-0.25, -0.2) is 0 Å². The van der Waals surface area contributed by atoms with E-state index in [9.17, 15) is 14.8 Å². The molecule has 0 radical (unpaired) electrons. The normalized spacial score (nSPS) is 34.9. The molecule has 1 N–H and O–H groups in total. The zero-order valence-corrected chi connectivity index (χ0v) is 14.3. The Hall–Kier alpha value is -2.17. The second-order valence-corrected chi connectivity index (χ2v) is 7.98. The van der Waals surface area contributed by atoms with Crippen molar-refractivity contribution in [2.24, 2.45) is 21.4 Å². The molecule has 0 spiro atoms. The van der Waals surface area contributed by atoms with Crippen LogP contribution < -0.4 is 4.90 Å². The van der Waals surface area contributed by atoms with Crippen molar-refractivity contribution < 1.29 is 14.8 Å². The maximum Gasteiger partial charge on any atom is 0.241 e. The molecule has 2 aliphatic carbocycles. The zero-order valence-electron chi connectivity index (χ0n) is 14.3. The van der Waals surface area contributed by atoms with Crippen LogP contribution in [0.5, 0.6) is 0 Å². The van der Waals surface area contributed by atoms with Crippen LogP contribution in [-0.4, -0.2) is 29.2 Å². The van der Waals surface area contributed by atoms with E-state index in [1.54, 1.807) is 4.90 Å². The van der Waals surface area contributed by atoms with Crippen LogP contribution in [0.3, 0.4) is 0 Å². The Morgan fingerprint density at radius 3 is 2.58 bits per heavy atom. The van der Waals surface area contributed by atoms with Crippen LogP contribution in [0.2, 0.25) is 0 Å². The molecular weight excluding hydrogens is 304 g/mol. The van der Waals surface area contributed by atoms with Gasteiger partial charge in [0.1, 0.15) is 11.1 Å². The fourth-order valence-corrected chi connectivity index (χ4v) is 5.20. The fraction of sp³-hybridized carbons (Fsp3) is 0.526. The molecule has 2 unspecified atom stereocenters. The molecule has 3 aliphatic rings. The second-order valence-electron chi connectivity index (χ2n) is 7.98. The second kappa shape index (κ2) is 4.47. The van der Waals surface area contributed by atoms with Gasteiger partial charge in [-0.05, 0) is 36.3 Å². The monoisotopic (exact) mass is 326 g/mol. The third kappa shape index (κ3) is 1.40. The van der Waals surface area contributed by atoms with Gasteiger partial charge in [0.2, 0.25) is 5.91 Å². The Bertz CT molecular complexity index is 798. The Morgan fingerprint density at radius 1 is 1.21 bits per heavy atom. The molecule has 2 fully saturated rings. The van der Waals surface area contributed by atoms with Gasteiger partial charge in [-0.3, -0.25) is 9.59 Å². The molecule has 4 rings (SSSR count). The van der Waals surface area contributed by atoms with E-state index >= 15 is 0 Å². The summed E-state index contributed by atoms with van der Waals surface area (Å²) in [5.41, 5.74) is -0.0488. The third-order valence-electron chi connectivity index (χ3n) is 7.17. The molecule has 2 bridgehead atoms. The summed E-state index contributed by atoms with van der Waals surface area (Å²) in [5, 5.41) is 12.7. The number of hydrogen-bond donors (Lipinski definition) is 1. The van der Waals surface area contributed by atoms with Gasteiger partial charge >= 0.3 is 0 Å². The highest BCUT2D eigenvalue weighted by Crippen LogP contribution is 2.70. The first-order valence-electron chi connectivity index (χ1n) is 8.48. The van der Waals surface area contributed by atoms with E-state index in [0.717, 1.165) is 17.7 Å². The van der Waals surface area contributed by atoms with Gasteiger partial charge < -0.3 is 10.1 Å². The van der Waals surface area contributed by atoms with E-state index in [2.05, 4.69) is 5.16 Å². The van der Waals surface area contributed by atoms with Crippen molar-refractivity contribution >= 4 is 23.1 Å². The number of carbonyl (C=O) groups excluding carboxylic acids is 2. The highest BCUT2D eigenvalue weighted by molar-refractivity contribution is 6.51. The van der Waals surface area contributed by atoms with Gasteiger partial charge in [-0.1, -0.05) is 44.1 Å². The molecule has 0 saturated heterocycles. The van der Waals surface area contributed by atoms with Crippen LogP contribution in [0.4, 0.5) is 5.69 Å². The molecule has 2 saturated carbocycles. The van der Waals surface area contributed by atoms with Crippen molar-refractivity contribution in [2.75, 3.05) is 11.4 Å². The van der Waals surface area contributed by atoms with Gasteiger partial charge in [0.25, 0.3) is 0 Å². The Balaban J connectivity index is 1.85. The van der Waals surface area contributed by atoms with Gasteiger partial charge in [0.05, 0.1) is 0 Å². The summed E-state index contributed by atoms with van der Waals surface area (Å²) < 4.78 is 0. The predicted molar refractivity (Wildman–Crippen MR) is 90.3 cm³/mol. The van der Waals surface area contributed by atoms with E-state index < -0.39 is 16.2 Å². The molecular formula is C19H22N2O3. The Morgan fingerprint density at radius 2 is 1.92 bits per heavy atom. The number of para-hydroxylation sites is 1. The van der Waals surface area contributed by atoms with Crippen LogP contribution >= 0.6 is 0 Å². The number of benzene rings is 1. The van der Waals surface area contributed by atoms with Crippen molar-refractivity contribution in [3.8, 4) is 0 Å². The number of carbonyl (C=O) groups is 2. The molecule has 126 valence electrons. The Labute approximate surface area is 141 Å². The minimum atomic E-state index is -1.12. The topological polar surface area (TPSA) is 70.0 Å². The average Bonchev–Trinajstić information content (AvgIpc) is 3.10. The smallest absolute Gasteiger partial charge is 0.241 e. The van der Waals surface area contributed by atoms with Crippen molar-refractivity contribution in [3.05, 3.63) is 29.8 Å². The first-order valence-corrected chi connectivity index (χ1v) is 8.48. The maximum atomic E-state index is 13.6. The molecule has 0 aromatic heterocycles. The van der Waals surface area contributed by atoms with Crippen molar-refractivity contribution in [1.82, 2.24) is 0 Å². The minimum Gasteiger partial charge on any atom is -0.411 e. The summed E-state index contributed by atoms with van der Waals surface area (Å²) in [6.07, 6.45) is 2.02. The summed E-state index contributed by atoms with van der Waals surface area (Å²) in [4.78, 5) is 28.5. The summed E-state index contributed by atoms with van der Waals surface area (Å²) in [6.45, 7) is 6.48. The van der Waals surface area contributed by atoms with E-state index in [4.69, 9.17) is 0 Å². The predicted octanol–water partition coefficient (Wildman–Crippen LogP) is 2.80. The molecule has 1 heterocycles. The number of oxime groups is 1. The molecule has 1 aromatic carbocycles. The minimum absolute atomic E-state index is 0.134. The van der Waals surface area contributed by atoms with E-state index in [1.165, 1.54) is 0 Å². The van der Waals surface area contributed by atoms with Gasteiger partial charge in [-0.15, -0.1) is 0 Å². The molecule has 5 nitrogen and oxygen atoms in total. The average molecular weight is 326 g/mol. The van der Waals surface area contributed by atoms with E-state index in [0.29, 0.717) is 19.4 Å². The molecule has 24 heavy (non-hydrogen) atoms. The maximum absolute atomic E-state index is 13.6. The highest BCUT2D eigenvalue weighted by atomic mass is 16.4. The quantitative estimate of drug-likeness (QED) is 0.490. The lowest BCUT2D eigenvalue weighted by Crippen LogP contribution is -2.52. The Kier molecular flexibility index (Phi) is 2.86. The highest BCUT2D eigenvalue weighted by Gasteiger charge is 2.77. The molecule has 1 amide bonds. The van der Waals surface area contributed by atoms with Crippen molar-refractivity contribution in [3.63, 3.8) is 0 Å². The van der Waals surface area contributed by atoms with Crippen LogP contribution in [0.1, 0.15) is 39.2 Å². The van der Waals surface area contributed by atoms with Crippen molar-refractivity contribution in [2.45, 2.75) is 40.0 Å². The summed E-state index contributed by atoms with van der Waals surface area (Å²) in [5.74, 6) is -0.428. The fourth-order valence-electron chi connectivity index (χ4n) is 5.20. The van der Waals surface area contributed by atoms with Gasteiger partial charge in [0, 0.05) is 17.6 Å². The lowest BCUT2D eigenvalue weighted by atomic mass is 9.64. The lowest BCUT2D eigenvalue weighted by molar-refractivity contribution is -0.141. The van der Waals surface area contributed by atoms with Crippen molar-refractivity contribution in [1.29, 1.82) is 0 Å². The number of anilines is 1. The van der Waals surface area contributed by atoms with Crippen LogP contribution in [0, 0.1) is 16.2 Å². The van der Waals surface area contributed by atoms with E-state index in [-0.39, 0.29) is 17.4 Å². The van der Waals surface area contributed by atoms with Crippen LogP contribution in [0.15, 0.2) is 29.4 Å². The van der Waals surface area contributed by atoms with Crippen LogP contribution in [-0.2, 0) is 16.0 Å². The number of fused-ring (bicyclic) bond motifs is 3. The molecule has 1 aliphatic heterocycles. The summed E-state index contributed by atoms with van der Waals surface area (Å²) in [7, 11) is 0. The molecule has 5 heteroatoms. The summed E-state index contributed by atoms with van der Waals surface area (Å²) in [6, 6.07) is 7.86. The SMILES string of the molecule is CC12CCC(C(=O)N3CCc4ccccc43)(C(=O)C1=NO)C2(C)C. The number of rotatable bonds is 1. The number of ketones is 1. The standard InChI is InChI=1S/C19H22N2O3/c1-17(2)18(3)9-10-19(17,15(22)14(18)20-24)16(23)21-11-8-12-6-4-5-7-13(12)21/h4-7,24H,8-11H2,1-3H3. The largest absolute Gasteiger partial charge is 0.411 e. The van der Waals surface area contributed by atoms with E-state index in [1.807, 2.05) is 45.0 Å². The molecule has 1 aromatic rings. The first kappa shape index (κ1) is 15.4. The molecule has 2 atom stereocenters. The third-order valence-corrected chi connectivity index (χ3v) is 7.17. The lowest BCUT2D eigenvalue weighted by Gasteiger charge is -2.39. The van der Waals surface area contributed by atoms with Gasteiger partial charge in [0.15, 0.2) is 5.78 Å². The number of hydrogen-bond acceptors (Lipinski definition) is 4. The number of Topliss-reactive ketones (excluding diaryl/α,β-unsaturated/α-hetero) is 1. The van der Waals surface area contributed by atoms with Crippen LogP contribution in [0.25, 0.3) is 0 Å². The number of amides is 1. The number of nitrogens with zero attached hydrogens (tertiary/aromatic N) is 2. The zero-order chi connectivity index (χ0) is 17.3. The van der Waals surface area contributed by atoms with Gasteiger partial charge in [-0.2, -0.15) is 0 Å². The first-order chi connectivity index (χ1) is 11.3. The summed E-state index contributed by atoms with van der Waals surface area (Å²) >= 11 is 0.